The molecular weight excluding hydrogens is 1020 g/mol. The molecule has 74 heavy (non-hydrogen) atoms. The minimum absolute atomic E-state index is 0.186. The Morgan fingerprint density at radius 2 is 0.743 bits per heavy atom. The molecule has 0 unspecified atom stereocenters. The minimum atomic E-state index is -1.49. The Balaban J connectivity index is 0.000000496. The number of isocyanates is 1. The predicted molar refractivity (Wildman–Crippen MR) is 298 cm³/mol. The van der Waals surface area contributed by atoms with Crippen LogP contribution in [0.3, 0.4) is 0 Å². The number of rotatable bonds is 27. The van der Waals surface area contributed by atoms with Crippen LogP contribution in [-0.4, -0.2) is 113 Å². The van der Waals surface area contributed by atoms with Gasteiger partial charge in [0.25, 0.3) is 0 Å². The molecule has 0 aromatic heterocycles. The van der Waals surface area contributed by atoms with Gasteiger partial charge in [-0.3, -0.25) is 24.0 Å². The van der Waals surface area contributed by atoms with Gasteiger partial charge in [-0.05, 0) is 77.6 Å². The number of ether oxygens (including phenoxy) is 4. The molecule has 3 atom stereocenters. The van der Waals surface area contributed by atoms with Crippen LogP contribution in [0, 0.1) is 10.8 Å². The normalized spacial score (nSPS) is 12.9. The maximum absolute atomic E-state index is 12.1. The van der Waals surface area contributed by atoms with Gasteiger partial charge in [0.05, 0.1) is 26.4 Å². The largest absolute Gasteiger partial charge is 0.480 e. The van der Waals surface area contributed by atoms with E-state index in [2.05, 4.69) is 4.99 Å². The second-order valence-corrected chi connectivity index (χ2v) is 20.9. The van der Waals surface area contributed by atoms with E-state index >= 15 is 0 Å². The van der Waals surface area contributed by atoms with Crippen LogP contribution in [0.1, 0.15) is 77.6 Å². The number of aliphatic carboxylic acids is 2. The van der Waals surface area contributed by atoms with E-state index in [1.165, 1.54) is 72.5 Å². The summed E-state index contributed by atoms with van der Waals surface area (Å²) in [6, 6.07) is 39.4. The quantitative estimate of drug-likeness (QED) is 0.0166. The molecule has 0 saturated heterocycles. The molecule has 4 rings (SSSR count). The first-order valence-electron chi connectivity index (χ1n) is 23.7. The Morgan fingerprint density at radius 1 is 0.459 bits per heavy atom. The first-order chi connectivity index (χ1) is 35.2. The van der Waals surface area contributed by atoms with Gasteiger partial charge in [0.15, 0.2) is 16.4 Å². The highest BCUT2D eigenvalue weighted by Gasteiger charge is 2.44. The van der Waals surface area contributed by atoms with Crippen molar-refractivity contribution in [2.24, 2.45) is 21.6 Å². The van der Waals surface area contributed by atoms with Gasteiger partial charge in [0.2, 0.25) is 6.08 Å². The van der Waals surface area contributed by atoms with Crippen LogP contribution in [0.5, 0.6) is 0 Å². The average Bonchev–Trinajstić information content (AvgIpc) is 3.38. The number of aliphatic imine (C=N–C) groups is 1. The second kappa shape index (κ2) is 36.4. The maximum Gasteiger partial charge on any atom is 0.335 e. The molecule has 404 valence electrons. The summed E-state index contributed by atoms with van der Waals surface area (Å²) in [7, 11) is 0. The summed E-state index contributed by atoms with van der Waals surface area (Å²) in [6.45, 7) is 13.9. The van der Waals surface area contributed by atoms with Gasteiger partial charge >= 0.3 is 35.8 Å². The molecular formula is C55H72N2O13S4. The molecule has 0 spiro atoms. The highest BCUT2D eigenvalue weighted by molar-refractivity contribution is 7.99. The molecule has 0 heterocycles. The van der Waals surface area contributed by atoms with Crippen molar-refractivity contribution in [2.75, 3.05) is 49.4 Å². The number of nitrogens with zero attached hydrogens (tertiary/aromatic N) is 1. The van der Waals surface area contributed by atoms with Gasteiger partial charge in [0.1, 0.15) is 5.54 Å². The van der Waals surface area contributed by atoms with Gasteiger partial charge in [-0.15, -0.1) is 0 Å². The van der Waals surface area contributed by atoms with E-state index in [0.717, 1.165) is 33.9 Å². The predicted octanol–water partition coefficient (Wildman–Crippen LogP) is 9.93. The van der Waals surface area contributed by atoms with E-state index in [-0.39, 0.29) is 32.2 Å². The van der Waals surface area contributed by atoms with Crippen molar-refractivity contribution in [1.29, 1.82) is 0 Å². The Morgan fingerprint density at radius 3 is 1.04 bits per heavy atom. The van der Waals surface area contributed by atoms with Crippen molar-refractivity contribution in [1.82, 2.24) is 0 Å². The monoisotopic (exact) mass is 1100 g/mol. The number of carboxylic acids is 2. The Labute approximate surface area is 453 Å². The second-order valence-electron chi connectivity index (χ2n) is 17.0. The SMILES string of the molecule is CCOC(=O)C(C)(CSCc1ccccc1)C(=O)OCC.CCOC(=O)[C@@](C)(CSCc1ccccc1)C(=O)O.CCOC(=O)[C@@](C)(CSCc1ccccc1)N=C=O.C[C@@](N)(CSCc1ccccc1)C(=O)O. The molecule has 0 saturated carbocycles. The number of carboxylic acid groups (broad SMARTS) is 2. The molecule has 19 heteroatoms. The highest BCUT2D eigenvalue weighted by Crippen LogP contribution is 2.29. The van der Waals surface area contributed by atoms with E-state index in [0.29, 0.717) is 23.0 Å². The molecule has 0 radical (unpaired) electrons. The lowest BCUT2D eigenvalue weighted by atomic mass is 9.93. The van der Waals surface area contributed by atoms with Crippen LogP contribution in [-0.2, 0) is 75.5 Å². The number of carbonyl (C=O) groups is 6. The zero-order valence-electron chi connectivity index (χ0n) is 43.6. The Bertz CT molecular complexity index is 2240. The van der Waals surface area contributed by atoms with Crippen molar-refractivity contribution in [3.8, 4) is 0 Å². The molecule has 0 aliphatic carbocycles. The number of esters is 4. The summed E-state index contributed by atoms with van der Waals surface area (Å²) in [4.78, 5) is 83.7. The van der Waals surface area contributed by atoms with Crippen LogP contribution in [0.4, 0.5) is 0 Å². The van der Waals surface area contributed by atoms with E-state index < -0.39 is 57.7 Å². The summed E-state index contributed by atoms with van der Waals surface area (Å²) in [5, 5.41) is 18.0. The third-order valence-corrected chi connectivity index (χ3v) is 15.4. The standard InChI is InChI=1S/C16H22O4S.C14H17NO3S.C14H18O4S.C11H15NO2S/c1-4-19-14(17)16(3,15(18)20-5-2)12-21-11-13-9-7-6-8-10-13;1-3-18-13(17)14(2,15-11-16)10-19-9-12-7-5-4-6-8-12;1-3-18-13(17)14(2,12(15)16)10-19-9-11-7-5-4-6-8-11;1-11(12,10(13)14)8-15-7-9-5-3-2-4-6-9/h6-10H,4-5,11-12H2,1-3H3;4-8H,3,9-10H2,1-2H3;4-8H,3,9-10H2,1-2H3,(H,15,16);2-6H,7-8,12H2,1H3,(H,13,14)/t;2*14-;11-/m.101/s1. The number of benzene rings is 4. The molecule has 15 nitrogen and oxygen atoms in total. The van der Waals surface area contributed by atoms with Crippen molar-refractivity contribution in [2.45, 2.75) is 89.5 Å². The number of carbonyl (C=O) groups excluding carboxylic acids is 5. The van der Waals surface area contributed by atoms with Crippen molar-refractivity contribution in [3.63, 3.8) is 0 Å². The zero-order valence-corrected chi connectivity index (χ0v) is 46.8. The number of nitrogens with two attached hydrogens (primary N) is 1. The maximum atomic E-state index is 12.1. The first-order valence-corrected chi connectivity index (χ1v) is 28.3. The van der Waals surface area contributed by atoms with Crippen molar-refractivity contribution in [3.05, 3.63) is 144 Å². The first kappa shape index (κ1) is 66.5. The average molecular weight is 1100 g/mol. The van der Waals surface area contributed by atoms with Crippen LogP contribution < -0.4 is 5.73 Å². The summed E-state index contributed by atoms with van der Waals surface area (Å²) < 4.78 is 19.8. The van der Waals surface area contributed by atoms with Crippen LogP contribution in [0.2, 0.25) is 0 Å². The minimum Gasteiger partial charge on any atom is -0.480 e. The third kappa shape index (κ3) is 25.1. The summed E-state index contributed by atoms with van der Waals surface area (Å²) in [5.41, 5.74) is 5.16. The molecule has 4 aromatic rings. The fraction of sp³-hybridized carbons (Fsp3) is 0.436. The van der Waals surface area contributed by atoms with E-state index in [9.17, 15) is 38.7 Å². The van der Waals surface area contributed by atoms with Crippen LogP contribution >= 0.6 is 47.0 Å². The molecule has 4 aromatic carbocycles. The number of thioether (sulfide) groups is 4. The van der Waals surface area contributed by atoms with Crippen LogP contribution in [0.15, 0.2) is 126 Å². The Hall–Kier alpha value is -5.56. The third-order valence-electron chi connectivity index (χ3n) is 10.2. The smallest absolute Gasteiger partial charge is 0.335 e. The molecule has 0 aliphatic heterocycles. The van der Waals surface area contributed by atoms with Gasteiger partial charge in [-0.25, -0.2) is 9.59 Å². The fourth-order valence-electron chi connectivity index (χ4n) is 5.66. The van der Waals surface area contributed by atoms with E-state index in [1.54, 1.807) is 41.5 Å². The summed E-state index contributed by atoms with van der Waals surface area (Å²) in [5.74, 6) is -0.0451. The molecule has 0 aliphatic rings. The summed E-state index contributed by atoms with van der Waals surface area (Å²) in [6.07, 6.45) is 1.46. The van der Waals surface area contributed by atoms with Gasteiger partial charge in [-0.1, -0.05) is 121 Å². The lowest BCUT2D eigenvalue weighted by molar-refractivity contribution is -0.169. The molecule has 0 fully saturated rings. The van der Waals surface area contributed by atoms with E-state index in [4.69, 9.17) is 29.8 Å². The lowest BCUT2D eigenvalue weighted by Crippen LogP contribution is -2.47. The van der Waals surface area contributed by atoms with Gasteiger partial charge < -0.3 is 34.9 Å². The molecule has 0 bridgehead atoms. The van der Waals surface area contributed by atoms with Crippen molar-refractivity contribution >= 4 is 88.9 Å². The zero-order chi connectivity index (χ0) is 55.5. The summed E-state index contributed by atoms with van der Waals surface area (Å²) >= 11 is 6.00. The van der Waals surface area contributed by atoms with E-state index in [1.807, 2.05) is 121 Å². The molecule has 0 amide bonds. The fourth-order valence-corrected chi connectivity index (χ4v) is 10.2. The topological polar surface area (TPSA) is 235 Å². The van der Waals surface area contributed by atoms with Gasteiger partial charge in [0, 0.05) is 46.0 Å². The van der Waals surface area contributed by atoms with Crippen LogP contribution in [0.25, 0.3) is 0 Å². The number of hydrogen-bond donors (Lipinski definition) is 3. The highest BCUT2D eigenvalue weighted by atomic mass is 32.2. The number of hydrogen-bond acceptors (Lipinski definition) is 17. The van der Waals surface area contributed by atoms with Crippen molar-refractivity contribution < 1.29 is 62.7 Å². The Kier molecular flexibility index (Phi) is 32.7. The van der Waals surface area contributed by atoms with Gasteiger partial charge in [-0.2, -0.15) is 52.0 Å². The molecule has 4 N–H and O–H groups in total. The lowest BCUT2D eigenvalue weighted by Gasteiger charge is -2.24.